The van der Waals surface area contributed by atoms with Gasteiger partial charge in [0.25, 0.3) is 0 Å². The van der Waals surface area contributed by atoms with Crippen LogP contribution in [0.25, 0.3) is 6.08 Å². The van der Waals surface area contributed by atoms with Crippen molar-refractivity contribution in [1.29, 1.82) is 0 Å². The number of hydrogen-bond donors (Lipinski definition) is 1. The topological polar surface area (TPSA) is 56.8 Å². The molecular formula is C20H22ClNO4. The lowest BCUT2D eigenvalue weighted by Crippen LogP contribution is -2.08. The largest absolute Gasteiger partial charge is 0.495 e. The Morgan fingerprint density at radius 2 is 1.73 bits per heavy atom. The van der Waals surface area contributed by atoms with Gasteiger partial charge in [-0.15, -0.1) is 0 Å². The van der Waals surface area contributed by atoms with E-state index in [0.717, 1.165) is 5.56 Å². The maximum absolute atomic E-state index is 12.1. The lowest BCUT2D eigenvalue weighted by Gasteiger charge is -2.13. The van der Waals surface area contributed by atoms with E-state index in [4.69, 9.17) is 25.8 Å². The van der Waals surface area contributed by atoms with Crippen molar-refractivity contribution < 1.29 is 19.0 Å². The number of rotatable bonds is 7. The lowest BCUT2D eigenvalue weighted by molar-refractivity contribution is -0.111. The number of nitrogens with one attached hydrogen (secondary N) is 1. The van der Waals surface area contributed by atoms with Gasteiger partial charge in [0, 0.05) is 11.8 Å². The predicted octanol–water partition coefficient (Wildman–Crippen LogP) is 4.80. The Balaban J connectivity index is 2.06. The first-order chi connectivity index (χ1) is 12.4. The van der Waals surface area contributed by atoms with Crippen LogP contribution in [0.5, 0.6) is 17.2 Å². The molecule has 0 saturated heterocycles. The summed E-state index contributed by atoms with van der Waals surface area (Å²) >= 11 is 6.05. The zero-order chi connectivity index (χ0) is 19.1. The zero-order valence-electron chi connectivity index (χ0n) is 15.2. The highest BCUT2D eigenvalue weighted by molar-refractivity contribution is 6.32. The Morgan fingerprint density at radius 3 is 2.35 bits per heavy atom. The van der Waals surface area contributed by atoms with Crippen LogP contribution in [-0.2, 0) is 4.79 Å². The third-order valence-corrected chi connectivity index (χ3v) is 3.69. The minimum absolute atomic E-state index is 0.0485. The molecule has 0 unspecified atom stereocenters. The van der Waals surface area contributed by atoms with Crippen LogP contribution in [0, 0.1) is 0 Å². The van der Waals surface area contributed by atoms with Crippen LogP contribution in [0.2, 0.25) is 5.02 Å². The second-order valence-electron chi connectivity index (χ2n) is 5.75. The summed E-state index contributed by atoms with van der Waals surface area (Å²) in [7, 11) is 3.12. The normalized spacial score (nSPS) is 10.8. The quantitative estimate of drug-likeness (QED) is 0.706. The number of carbonyl (C=O) groups is 1. The minimum Gasteiger partial charge on any atom is -0.495 e. The van der Waals surface area contributed by atoms with Crippen molar-refractivity contribution in [3.05, 3.63) is 53.1 Å². The molecule has 0 aliphatic heterocycles. The van der Waals surface area contributed by atoms with Gasteiger partial charge in [0.05, 0.1) is 25.3 Å². The molecule has 138 valence electrons. The Kier molecular flexibility index (Phi) is 6.92. The molecule has 0 heterocycles. The number of hydrogen-bond acceptors (Lipinski definition) is 4. The van der Waals surface area contributed by atoms with Gasteiger partial charge in [-0.1, -0.05) is 17.7 Å². The highest BCUT2D eigenvalue weighted by Crippen LogP contribution is 2.29. The zero-order valence-corrected chi connectivity index (χ0v) is 16.0. The Labute approximate surface area is 158 Å². The summed E-state index contributed by atoms with van der Waals surface area (Å²) in [6.45, 7) is 3.89. The number of halogens is 1. The van der Waals surface area contributed by atoms with Crippen LogP contribution in [0.3, 0.4) is 0 Å². The first-order valence-electron chi connectivity index (χ1n) is 8.10. The van der Waals surface area contributed by atoms with E-state index >= 15 is 0 Å². The summed E-state index contributed by atoms with van der Waals surface area (Å²) in [5.74, 6) is 1.56. The van der Waals surface area contributed by atoms with Crippen molar-refractivity contribution in [1.82, 2.24) is 0 Å². The molecule has 2 rings (SSSR count). The molecule has 0 radical (unpaired) electrons. The number of ether oxygens (including phenoxy) is 3. The average molecular weight is 376 g/mol. The van der Waals surface area contributed by atoms with E-state index in [1.807, 2.05) is 32.0 Å². The smallest absolute Gasteiger partial charge is 0.248 e. The Bertz CT molecular complexity index is 802. The van der Waals surface area contributed by atoms with Crippen molar-refractivity contribution in [2.24, 2.45) is 0 Å². The average Bonchev–Trinajstić information content (AvgIpc) is 2.60. The van der Waals surface area contributed by atoms with Crippen LogP contribution in [-0.4, -0.2) is 26.2 Å². The molecule has 0 saturated carbocycles. The van der Waals surface area contributed by atoms with Crippen molar-refractivity contribution >= 4 is 29.3 Å². The lowest BCUT2D eigenvalue weighted by atomic mass is 10.2. The maximum Gasteiger partial charge on any atom is 0.248 e. The molecule has 1 amide bonds. The van der Waals surface area contributed by atoms with Gasteiger partial charge in [0.15, 0.2) is 11.5 Å². The molecule has 0 atom stereocenters. The molecule has 0 aromatic heterocycles. The SMILES string of the molecule is COc1ccc(NC(=O)/C=C/c2ccc(OC(C)C)c(OC)c2)cc1Cl. The minimum atomic E-state index is -0.271. The molecule has 0 spiro atoms. The second-order valence-corrected chi connectivity index (χ2v) is 6.16. The monoisotopic (exact) mass is 375 g/mol. The van der Waals surface area contributed by atoms with E-state index in [-0.39, 0.29) is 12.0 Å². The molecule has 0 aliphatic rings. The van der Waals surface area contributed by atoms with E-state index in [1.165, 1.54) is 13.2 Å². The van der Waals surface area contributed by atoms with E-state index in [9.17, 15) is 4.79 Å². The van der Waals surface area contributed by atoms with Crippen molar-refractivity contribution in [3.63, 3.8) is 0 Å². The van der Waals surface area contributed by atoms with E-state index in [1.54, 1.807) is 31.4 Å². The van der Waals surface area contributed by atoms with Gasteiger partial charge in [-0.3, -0.25) is 4.79 Å². The number of amides is 1. The summed E-state index contributed by atoms with van der Waals surface area (Å²) in [4.78, 5) is 12.1. The molecule has 0 bridgehead atoms. The molecule has 0 aliphatic carbocycles. The molecule has 0 fully saturated rings. The molecule has 26 heavy (non-hydrogen) atoms. The van der Waals surface area contributed by atoms with Crippen LogP contribution < -0.4 is 19.5 Å². The second kappa shape index (κ2) is 9.15. The fraction of sp³-hybridized carbons (Fsp3) is 0.250. The van der Waals surface area contributed by atoms with E-state index in [2.05, 4.69) is 5.32 Å². The molecule has 5 nitrogen and oxygen atoms in total. The molecule has 1 N–H and O–H groups in total. The predicted molar refractivity (Wildman–Crippen MR) is 104 cm³/mol. The van der Waals surface area contributed by atoms with Crippen molar-refractivity contribution in [2.45, 2.75) is 20.0 Å². The number of benzene rings is 2. The molecule has 2 aromatic rings. The van der Waals surface area contributed by atoms with Crippen LogP contribution in [0.1, 0.15) is 19.4 Å². The van der Waals surface area contributed by atoms with Gasteiger partial charge in [0.2, 0.25) is 5.91 Å². The first-order valence-corrected chi connectivity index (χ1v) is 8.48. The third kappa shape index (κ3) is 5.43. The van der Waals surface area contributed by atoms with Gasteiger partial charge in [-0.25, -0.2) is 0 Å². The maximum atomic E-state index is 12.1. The van der Waals surface area contributed by atoms with Gasteiger partial charge >= 0.3 is 0 Å². The fourth-order valence-electron chi connectivity index (χ4n) is 2.24. The summed E-state index contributed by atoms with van der Waals surface area (Å²) in [5.41, 5.74) is 1.41. The third-order valence-electron chi connectivity index (χ3n) is 3.40. The highest BCUT2D eigenvalue weighted by Gasteiger charge is 2.07. The van der Waals surface area contributed by atoms with Gasteiger partial charge in [-0.05, 0) is 55.8 Å². The van der Waals surface area contributed by atoms with Crippen LogP contribution in [0.15, 0.2) is 42.5 Å². The van der Waals surface area contributed by atoms with Crippen molar-refractivity contribution in [3.8, 4) is 17.2 Å². The van der Waals surface area contributed by atoms with Crippen LogP contribution >= 0.6 is 11.6 Å². The van der Waals surface area contributed by atoms with Gasteiger partial charge < -0.3 is 19.5 Å². The summed E-state index contributed by atoms with van der Waals surface area (Å²) < 4.78 is 16.1. The summed E-state index contributed by atoms with van der Waals surface area (Å²) in [6, 6.07) is 10.5. The fourth-order valence-corrected chi connectivity index (χ4v) is 2.50. The van der Waals surface area contributed by atoms with E-state index in [0.29, 0.717) is 28.0 Å². The van der Waals surface area contributed by atoms with Crippen LogP contribution in [0.4, 0.5) is 5.69 Å². The first kappa shape index (κ1) is 19.7. The standard InChI is InChI=1S/C20H22ClNO4/c1-13(2)26-18-8-5-14(11-19(18)25-4)6-10-20(23)22-15-7-9-17(24-3)16(21)12-15/h5-13H,1-4H3,(H,22,23)/b10-6+. The highest BCUT2D eigenvalue weighted by atomic mass is 35.5. The Hall–Kier alpha value is -2.66. The Morgan fingerprint density at radius 1 is 1.04 bits per heavy atom. The number of anilines is 1. The molecular weight excluding hydrogens is 354 g/mol. The molecule has 6 heteroatoms. The van der Waals surface area contributed by atoms with E-state index < -0.39 is 0 Å². The molecule has 2 aromatic carbocycles. The summed E-state index contributed by atoms with van der Waals surface area (Å²) in [6.07, 6.45) is 3.19. The number of methoxy groups -OCH3 is 2. The van der Waals surface area contributed by atoms with Crippen molar-refractivity contribution in [2.75, 3.05) is 19.5 Å². The summed E-state index contributed by atoms with van der Waals surface area (Å²) in [5, 5.41) is 3.18. The number of carbonyl (C=O) groups excluding carboxylic acids is 1. The van der Waals surface area contributed by atoms with Gasteiger partial charge in [-0.2, -0.15) is 0 Å². The van der Waals surface area contributed by atoms with Gasteiger partial charge in [0.1, 0.15) is 5.75 Å².